The van der Waals surface area contributed by atoms with Gasteiger partial charge in [-0.25, -0.2) is 4.98 Å². The third-order valence-electron chi connectivity index (χ3n) is 4.39. The van der Waals surface area contributed by atoms with Gasteiger partial charge in [-0.1, -0.05) is 28.0 Å². The quantitative estimate of drug-likeness (QED) is 0.625. The van der Waals surface area contributed by atoms with Gasteiger partial charge in [0.2, 0.25) is 0 Å². The van der Waals surface area contributed by atoms with Crippen LogP contribution in [0.4, 0.5) is 0 Å². The van der Waals surface area contributed by atoms with Crippen LogP contribution in [-0.2, 0) is 6.42 Å². The van der Waals surface area contributed by atoms with Crippen molar-refractivity contribution in [2.45, 2.75) is 58.1 Å². The third kappa shape index (κ3) is 4.06. The number of hydrogen-bond donors (Lipinski definition) is 1. The SMILES string of the molecule is Cc1nc(C)c(-n2[nH]c(CCCCC3CCSS3)cc2=O)nc1C. The van der Waals surface area contributed by atoms with E-state index in [2.05, 4.69) is 15.1 Å². The average Bonchev–Trinajstić information content (AvgIpc) is 3.17. The topological polar surface area (TPSA) is 63.6 Å². The summed E-state index contributed by atoms with van der Waals surface area (Å²) < 4.78 is 1.52. The van der Waals surface area contributed by atoms with E-state index in [1.807, 2.05) is 42.4 Å². The molecule has 24 heavy (non-hydrogen) atoms. The average molecular weight is 365 g/mol. The number of hydrogen-bond acceptors (Lipinski definition) is 5. The van der Waals surface area contributed by atoms with Crippen molar-refractivity contribution in [1.82, 2.24) is 19.7 Å². The fourth-order valence-electron chi connectivity index (χ4n) is 2.90. The van der Waals surface area contributed by atoms with Crippen LogP contribution in [0.2, 0.25) is 0 Å². The Morgan fingerprint density at radius 1 is 1.21 bits per heavy atom. The van der Waals surface area contributed by atoms with Gasteiger partial charge in [0.1, 0.15) is 0 Å². The first-order valence-corrected chi connectivity index (χ1v) is 10.8. The van der Waals surface area contributed by atoms with Crippen molar-refractivity contribution in [2.24, 2.45) is 0 Å². The van der Waals surface area contributed by atoms with Crippen LogP contribution in [0.1, 0.15) is 48.5 Å². The number of aromatic amines is 1. The number of nitrogens with zero attached hydrogens (tertiary/aromatic N) is 3. The van der Waals surface area contributed by atoms with E-state index in [1.54, 1.807) is 6.07 Å². The van der Waals surface area contributed by atoms with Gasteiger partial charge in [0.15, 0.2) is 5.82 Å². The highest BCUT2D eigenvalue weighted by Gasteiger charge is 2.16. The van der Waals surface area contributed by atoms with Gasteiger partial charge in [0, 0.05) is 22.8 Å². The molecule has 1 fully saturated rings. The predicted molar refractivity (Wildman–Crippen MR) is 102 cm³/mol. The molecule has 0 radical (unpaired) electrons. The summed E-state index contributed by atoms with van der Waals surface area (Å²) in [6, 6.07) is 1.69. The Bertz CT molecular complexity index is 762. The smallest absolute Gasteiger partial charge is 0.272 e. The first-order valence-electron chi connectivity index (χ1n) is 8.46. The summed E-state index contributed by atoms with van der Waals surface area (Å²) in [7, 11) is 4.03. The van der Waals surface area contributed by atoms with E-state index in [0.717, 1.165) is 40.9 Å². The first kappa shape index (κ1) is 17.6. The molecule has 1 unspecified atom stereocenters. The van der Waals surface area contributed by atoms with Gasteiger partial charge < -0.3 is 0 Å². The molecule has 7 heteroatoms. The molecule has 1 aliphatic rings. The van der Waals surface area contributed by atoms with Gasteiger partial charge in [0.05, 0.1) is 17.1 Å². The van der Waals surface area contributed by atoms with Gasteiger partial charge in [0.25, 0.3) is 5.56 Å². The molecule has 1 atom stereocenters. The van der Waals surface area contributed by atoms with E-state index >= 15 is 0 Å². The maximum atomic E-state index is 12.3. The van der Waals surface area contributed by atoms with Gasteiger partial charge >= 0.3 is 0 Å². The van der Waals surface area contributed by atoms with Crippen LogP contribution in [0.5, 0.6) is 0 Å². The molecule has 0 spiro atoms. The van der Waals surface area contributed by atoms with E-state index in [9.17, 15) is 4.79 Å². The number of rotatable bonds is 6. The summed E-state index contributed by atoms with van der Waals surface area (Å²) in [4.78, 5) is 21.3. The third-order valence-corrected chi connectivity index (χ3v) is 7.40. The molecule has 2 aromatic rings. The second-order valence-electron chi connectivity index (χ2n) is 6.33. The van der Waals surface area contributed by atoms with E-state index in [-0.39, 0.29) is 5.56 Å². The standard InChI is InChI=1S/C17H24N4OS2/c1-11-12(2)19-17(13(3)18-11)21-16(22)10-14(20-21)6-4-5-7-15-8-9-23-24-15/h10,15,20H,4-9H2,1-3H3. The molecular formula is C17H24N4OS2. The van der Waals surface area contributed by atoms with E-state index < -0.39 is 0 Å². The summed E-state index contributed by atoms with van der Waals surface area (Å²) in [6.07, 6.45) is 5.86. The molecule has 1 aliphatic heterocycles. The Hall–Kier alpha value is -1.21. The van der Waals surface area contributed by atoms with Crippen LogP contribution in [-0.4, -0.2) is 30.8 Å². The maximum Gasteiger partial charge on any atom is 0.272 e. The van der Waals surface area contributed by atoms with Crippen LogP contribution in [0.25, 0.3) is 5.82 Å². The Balaban J connectivity index is 1.64. The summed E-state index contributed by atoms with van der Waals surface area (Å²) >= 11 is 0. The monoisotopic (exact) mass is 364 g/mol. The lowest BCUT2D eigenvalue weighted by Gasteiger charge is -2.08. The lowest BCUT2D eigenvalue weighted by Crippen LogP contribution is -2.18. The summed E-state index contributed by atoms with van der Waals surface area (Å²) in [5.41, 5.74) is 3.44. The van der Waals surface area contributed by atoms with Crippen molar-refractivity contribution in [2.75, 3.05) is 5.75 Å². The highest BCUT2D eigenvalue weighted by atomic mass is 33.1. The molecule has 5 nitrogen and oxygen atoms in total. The maximum absolute atomic E-state index is 12.3. The van der Waals surface area contributed by atoms with Crippen LogP contribution in [0.3, 0.4) is 0 Å². The Labute approximate surface area is 150 Å². The van der Waals surface area contributed by atoms with Crippen molar-refractivity contribution in [3.8, 4) is 5.82 Å². The molecule has 3 rings (SSSR count). The van der Waals surface area contributed by atoms with Crippen molar-refractivity contribution >= 4 is 21.6 Å². The predicted octanol–water partition coefficient (Wildman–Crippen LogP) is 3.75. The lowest BCUT2D eigenvalue weighted by molar-refractivity contribution is 0.641. The van der Waals surface area contributed by atoms with Crippen molar-refractivity contribution in [3.63, 3.8) is 0 Å². The Kier molecular flexibility index (Phi) is 5.71. The summed E-state index contributed by atoms with van der Waals surface area (Å²) in [6.45, 7) is 5.74. The minimum absolute atomic E-state index is 0.0617. The highest BCUT2D eigenvalue weighted by molar-refractivity contribution is 8.77. The highest BCUT2D eigenvalue weighted by Crippen LogP contribution is 2.39. The first-order chi connectivity index (χ1) is 11.5. The van der Waals surface area contributed by atoms with Gasteiger partial charge in [-0.05, 0) is 46.5 Å². The molecule has 0 amide bonds. The number of unbranched alkanes of at least 4 members (excludes halogenated alkanes) is 1. The second-order valence-corrected chi connectivity index (χ2v) is 9.12. The molecule has 130 valence electrons. The largest absolute Gasteiger partial charge is 0.294 e. The molecule has 0 saturated carbocycles. The molecule has 3 heterocycles. The summed E-state index contributed by atoms with van der Waals surface area (Å²) in [5.74, 6) is 1.90. The lowest BCUT2D eigenvalue weighted by atomic mass is 10.1. The molecule has 0 aliphatic carbocycles. The minimum Gasteiger partial charge on any atom is -0.294 e. The minimum atomic E-state index is -0.0617. The number of nitrogens with one attached hydrogen (secondary N) is 1. The Morgan fingerprint density at radius 3 is 2.75 bits per heavy atom. The number of aromatic nitrogens is 4. The van der Waals surface area contributed by atoms with Gasteiger partial charge in [-0.3, -0.25) is 14.9 Å². The van der Waals surface area contributed by atoms with E-state index in [4.69, 9.17) is 0 Å². The van der Waals surface area contributed by atoms with Crippen molar-refractivity contribution in [1.29, 1.82) is 0 Å². The Morgan fingerprint density at radius 2 is 2.00 bits per heavy atom. The summed E-state index contributed by atoms with van der Waals surface area (Å²) in [5, 5.41) is 4.03. The van der Waals surface area contributed by atoms with Crippen molar-refractivity contribution < 1.29 is 0 Å². The van der Waals surface area contributed by atoms with Gasteiger partial charge in [-0.15, -0.1) is 0 Å². The zero-order valence-electron chi connectivity index (χ0n) is 14.5. The van der Waals surface area contributed by atoms with Crippen molar-refractivity contribution in [3.05, 3.63) is 39.2 Å². The molecule has 2 aromatic heterocycles. The van der Waals surface area contributed by atoms with E-state index in [0.29, 0.717) is 5.82 Å². The fraction of sp³-hybridized carbons (Fsp3) is 0.588. The number of H-pyrrole nitrogens is 1. The number of aryl methyl sites for hydroxylation is 4. The molecule has 0 bridgehead atoms. The molecule has 1 N–H and O–H groups in total. The molecular weight excluding hydrogens is 340 g/mol. The fourth-order valence-corrected chi connectivity index (χ4v) is 5.92. The van der Waals surface area contributed by atoms with Crippen LogP contribution in [0.15, 0.2) is 10.9 Å². The van der Waals surface area contributed by atoms with Crippen LogP contribution >= 0.6 is 21.6 Å². The van der Waals surface area contributed by atoms with Crippen LogP contribution in [0, 0.1) is 20.8 Å². The zero-order valence-corrected chi connectivity index (χ0v) is 16.1. The second kappa shape index (κ2) is 7.78. The molecule has 1 saturated heterocycles. The van der Waals surface area contributed by atoms with E-state index in [1.165, 1.54) is 29.7 Å². The zero-order chi connectivity index (χ0) is 17.1. The van der Waals surface area contributed by atoms with Gasteiger partial charge in [-0.2, -0.15) is 4.68 Å². The normalized spacial score (nSPS) is 17.5. The van der Waals surface area contributed by atoms with Crippen LogP contribution < -0.4 is 5.56 Å². The molecule has 0 aromatic carbocycles.